The molecule has 1 atom stereocenters. The Hall–Kier alpha value is -3.15. The Bertz CT molecular complexity index is 953. The maximum Gasteiger partial charge on any atom is 0.243 e. The first-order valence-electron chi connectivity index (χ1n) is 10.2. The highest BCUT2D eigenvalue weighted by Gasteiger charge is 2.36. The Morgan fingerprint density at radius 3 is 2.50 bits per heavy atom. The molecule has 3 amide bonds. The van der Waals surface area contributed by atoms with E-state index in [9.17, 15) is 14.4 Å². The van der Waals surface area contributed by atoms with Crippen molar-refractivity contribution in [3.63, 3.8) is 0 Å². The molecular formula is C24H29N3O3. The van der Waals surface area contributed by atoms with Gasteiger partial charge in [-0.15, -0.1) is 0 Å². The molecule has 0 saturated carbocycles. The van der Waals surface area contributed by atoms with Crippen LogP contribution in [0.25, 0.3) is 0 Å². The van der Waals surface area contributed by atoms with Crippen molar-refractivity contribution in [1.29, 1.82) is 0 Å². The van der Waals surface area contributed by atoms with E-state index in [4.69, 9.17) is 0 Å². The molecule has 0 bridgehead atoms. The molecule has 3 rings (SSSR count). The fraction of sp³-hybridized carbons (Fsp3) is 0.375. The van der Waals surface area contributed by atoms with Crippen LogP contribution < -0.4 is 5.32 Å². The van der Waals surface area contributed by atoms with Crippen molar-refractivity contribution in [2.24, 2.45) is 5.92 Å². The number of anilines is 1. The predicted octanol–water partition coefficient (Wildman–Crippen LogP) is 3.06. The van der Waals surface area contributed by atoms with E-state index in [-0.39, 0.29) is 30.7 Å². The van der Waals surface area contributed by atoms with Gasteiger partial charge in [0.25, 0.3) is 0 Å². The zero-order valence-electron chi connectivity index (χ0n) is 18.1. The third-order valence-electron chi connectivity index (χ3n) is 5.69. The van der Waals surface area contributed by atoms with Crippen LogP contribution in [0, 0.1) is 26.7 Å². The summed E-state index contributed by atoms with van der Waals surface area (Å²) in [6.45, 7) is 6.79. The molecule has 1 aliphatic heterocycles. The Labute approximate surface area is 177 Å². The standard InChI is InChI=1S/C24H29N3O3/c1-16-8-10-19(11-9-16)13-27-14-20(12-23(27)29)24(30)26(4)15-22(28)25-21-7-5-6-17(2)18(21)3/h5-11,20H,12-15H2,1-4H3,(H,25,28). The molecule has 1 unspecified atom stereocenters. The molecule has 1 fully saturated rings. The number of carbonyl (C=O) groups excluding carboxylic acids is 3. The summed E-state index contributed by atoms with van der Waals surface area (Å²) in [5.74, 6) is -0.866. The van der Waals surface area contributed by atoms with E-state index in [1.54, 1.807) is 11.9 Å². The lowest BCUT2D eigenvalue weighted by molar-refractivity contribution is -0.137. The van der Waals surface area contributed by atoms with Crippen molar-refractivity contribution in [3.8, 4) is 0 Å². The number of carbonyl (C=O) groups is 3. The molecule has 0 spiro atoms. The van der Waals surface area contributed by atoms with Gasteiger partial charge in [-0.25, -0.2) is 0 Å². The first kappa shape index (κ1) is 21.6. The average molecular weight is 408 g/mol. The van der Waals surface area contributed by atoms with Crippen LogP contribution in [0.1, 0.15) is 28.7 Å². The number of likely N-dealkylation sites (tertiary alicyclic amines) is 1. The first-order chi connectivity index (χ1) is 14.2. The second kappa shape index (κ2) is 9.11. The maximum absolute atomic E-state index is 12.8. The molecule has 0 aromatic heterocycles. The summed E-state index contributed by atoms with van der Waals surface area (Å²) in [4.78, 5) is 40.8. The minimum atomic E-state index is -0.415. The summed E-state index contributed by atoms with van der Waals surface area (Å²) in [6, 6.07) is 13.8. The summed E-state index contributed by atoms with van der Waals surface area (Å²) in [5.41, 5.74) is 5.06. The minimum Gasteiger partial charge on any atom is -0.338 e. The topological polar surface area (TPSA) is 69.7 Å². The lowest BCUT2D eigenvalue weighted by atomic mass is 10.1. The number of hydrogen-bond acceptors (Lipinski definition) is 3. The van der Waals surface area contributed by atoms with Gasteiger partial charge in [0, 0.05) is 32.2 Å². The van der Waals surface area contributed by atoms with Crippen LogP contribution in [-0.2, 0) is 20.9 Å². The van der Waals surface area contributed by atoms with Gasteiger partial charge < -0.3 is 15.1 Å². The van der Waals surface area contributed by atoms with E-state index in [1.807, 2.05) is 63.2 Å². The lowest BCUT2D eigenvalue weighted by Gasteiger charge is -2.21. The highest BCUT2D eigenvalue weighted by Crippen LogP contribution is 2.22. The third kappa shape index (κ3) is 5.06. The minimum absolute atomic E-state index is 0.0258. The number of amides is 3. The number of rotatable bonds is 6. The van der Waals surface area contributed by atoms with Gasteiger partial charge in [-0.2, -0.15) is 0 Å². The van der Waals surface area contributed by atoms with E-state index >= 15 is 0 Å². The summed E-state index contributed by atoms with van der Waals surface area (Å²) >= 11 is 0. The molecule has 2 aromatic carbocycles. The molecular weight excluding hydrogens is 378 g/mol. The second-order valence-electron chi connectivity index (χ2n) is 8.15. The highest BCUT2D eigenvalue weighted by molar-refractivity contribution is 5.96. The molecule has 1 N–H and O–H groups in total. The van der Waals surface area contributed by atoms with Crippen LogP contribution >= 0.6 is 0 Å². The molecule has 1 heterocycles. The van der Waals surface area contributed by atoms with Crippen LogP contribution in [0.4, 0.5) is 5.69 Å². The summed E-state index contributed by atoms with van der Waals surface area (Å²) in [7, 11) is 1.61. The molecule has 1 saturated heterocycles. The Morgan fingerprint density at radius 2 is 1.80 bits per heavy atom. The second-order valence-corrected chi connectivity index (χ2v) is 8.15. The molecule has 0 aliphatic carbocycles. The van der Waals surface area contributed by atoms with Crippen LogP contribution in [-0.4, -0.2) is 47.7 Å². The van der Waals surface area contributed by atoms with Gasteiger partial charge >= 0.3 is 0 Å². The van der Waals surface area contributed by atoms with E-state index in [1.165, 1.54) is 10.5 Å². The maximum atomic E-state index is 12.8. The van der Waals surface area contributed by atoms with E-state index in [0.717, 1.165) is 22.4 Å². The van der Waals surface area contributed by atoms with Gasteiger partial charge in [0.1, 0.15) is 0 Å². The zero-order chi connectivity index (χ0) is 21.8. The number of nitrogens with zero attached hydrogens (tertiary/aromatic N) is 2. The molecule has 6 heteroatoms. The predicted molar refractivity (Wildman–Crippen MR) is 117 cm³/mol. The number of nitrogens with one attached hydrogen (secondary N) is 1. The normalized spacial score (nSPS) is 15.9. The van der Waals surface area contributed by atoms with Crippen molar-refractivity contribution in [2.75, 3.05) is 25.5 Å². The van der Waals surface area contributed by atoms with Crippen molar-refractivity contribution >= 4 is 23.4 Å². The summed E-state index contributed by atoms with van der Waals surface area (Å²) < 4.78 is 0. The molecule has 6 nitrogen and oxygen atoms in total. The van der Waals surface area contributed by atoms with Crippen LogP contribution in [0.15, 0.2) is 42.5 Å². The number of benzene rings is 2. The summed E-state index contributed by atoms with van der Waals surface area (Å²) in [5, 5.41) is 2.87. The lowest BCUT2D eigenvalue weighted by Crippen LogP contribution is -2.39. The van der Waals surface area contributed by atoms with Crippen molar-refractivity contribution in [3.05, 3.63) is 64.7 Å². The first-order valence-corrected chi connectivity index (χ1v) is 10.2. The fourth-order valence-corrected chi connectivity index (χ4v) is 3.69. The quantitative estimate of drug-likeness (QED) is 0.800. The number of hydrogen-bond donors (Lipinski definition) is 1. The zero-order valence-corrected chi connectivity index (χ0v) is 18.1. The van der Waals surface area contributed by atoms with Crippen LogP contribution in [0.3, 0.4) is 0 Å². The number of likely N-dealkylation sites (N-methyl/N-ethyl adjacent to an activating group) is 1. The fourth-order valence-electron chi connectivity index (χ4n) is 3.69. The third-order valence-corrected chi connectivity index (χ3v) is 5.69. The highest BCUT2D eigenvalue weighted by atomic mass is 16.2. The monoisotopic (exact) mass is 407 g/mol. The average Bonchev–Trinajstić information content (AvgIpc) is 3.07. The molecule has 1 aliphatic rings. The SMILES string of the molecule is Cc1ccc(CN2CC(C(=O)N(C)CC(=O)Nc3cccc(C)c3C)CC2=O)cc1. The van der Waals surface area contributed by atoms with Gasteiger partial charge in [0.2, 0.25) is 17.7 Å². The Morgan fingerprint density at radius 1 is 1.10 bits per heavy atom. The van der Waals surface area contributed by atoms with E-state index in [0.29, 0.717) is 13.1 Å². The van der Waals surface area contributed by atoms with Crippen molar-refractivity contribution < 1.29 is 14.4 Å². The van der Waals surface area contributed by atoms with Gasteiger partial charge in [-0.3, -0.25) is 14.4 Å². The van der Waals surface area contributed by atoms with Gasteiger partial charge in [-0.05, 0) is 43.5 Å². The number of aryl methyl sites for hydroxylation is 2. The van der Waals surface area contributed by atoms with Gasteiger partial charge in [0.05, 0.1) is 12.5 Å². The largest absolute Gasteiger partial charge is 0.338 e. The summed E-state index contributed by atoms with van der Waals surface area (Å²) in [6.07, 6.45) is 0.188. The van der Waals surface area contributed by atoms with Gasteiger partial charge in [-0.1, -0.05) is 42.0 Å². The Balaban J connectivity index is 1.55. The molecule has 30 heavy (non-hydrogen) atoms. The molecule has 0 radical (unpaired) electrons. The van der Waals surface area contributed by atoms with E-state index < -0.39 is 5.92 Å². The van der Waals surface area contributed by atoms with Crippen molar-refractivity contribution in [2.45, 2.75) is 33.7 Å². The van der Waals surface area contributed by atoms with Crippen LogP contribution in [0.2, 0.25) is 0 Å². The molecule has 158 valence electrons. The van der Waals surface area contributed by atoms with Crippen molar-refractivity contribution in [1.82, 2.24) is 9.80 Å². The Kier molecular flexibility index (Phi) is 6.55. The van der Waals surface area contributed by atoms with E-state index in [2.05, 4.69) is 5.32 Å². The smallest absolute Gasteiger partial charge is 0.243 e. The van der Waals surface area contributed by atoms with Gasteiger partial charge in [0.15, 0.2) is 0 Å². The van der Waals surface area contributed by atoms with Crippen LogP contribution in [0.5, 0.6) is 0 Å². The molecule has 2 aromatic rings.